The van der Waals surface area contributed by atoms with E-state index in [4.69, 9.17) is 9.47 Å². The first-order chi connectivity index (χ1) is 12.5. The van der Waals surface area contributed by atoms with Crippen LogP contribution in [0.1, 0.15) is 24.8 Å². The maximum absolute atomic E-state index is 12.3. The van der Waals surface area contributed by atoms with Gasteiger partial charge in [0, 0.05) is 25.1 Å². The third kappa shape index (κ3) is 2.96. The van der Waals surface area contributed by atoms with E-state index < -0.39 is 28.1 Å². The Balaban J connectivity index is 1.41. The van der Waals surface area contributed by atoms with Gasteiger partial charge in [-0.25, -0.2) is 4.79 Å². The third-order valence-corrected chi connectivity index (χ3v) is 6.21. The summed E-state index contributed by atoms with van der Waals surface area (Å²) in [5, 5.41) is 0. The van der Waals surface area contributed by atoms with Gasteiger partial charge in [-0.2, -0.15) is 8.42 Å². The van der Waals surface area contributed by atoms with Crippen molar-refractivity contribution in [2.24, 2.45) is 10.3 Å². The lowest BCUT2D eigenvalue weighted by molar-refractivity contribution is -0.164. The molecule has 2 saturated heterocycles. The molecule has 26 heavy (non-hydrogen) atoms. The largest absolute Gasteiger partial charge is 0.463 e. The minimum atomic E-state index is -3.65. The molecule has 3 heterocycles. The first-order valence-electron chi connectivity index (χ1n) is 8.52. The number of carbonyl (C=O) groups is 2. The molecule has 0 amide bonds. The van der Waals surface area contributed by atoms with Crippen molar-refractivity contribution in [3.63, 3.8) is 0 Å². The fourth-order valence-corrected chi connectivity index (χ4v) is 4.69. The molecule has 3 aliphatic heterocycles. The van der Waals surface area contributed by atoms with Crippen LogP contribution >= 0.6 is 0 Å². The number of cyclic esters (lactones) is 1. The quantitative estimate of drug-likeness (QED) is 0.698. The molecule has 1 aromatic rings. The standard InChI is InChI=1S/C17H18N2O6S/c20-16(25-13-7-10-24-17(13)21)11-5-8-19(9-6-11)15-12-3-1-2-4-14(12)26(22,23)18-15/h1-4,11,13H,5-10H2/t13-/m0/s1. The Morgan fingerprint density at radius 3 is 2.62 bits per heavy atom. The highest BCUT2D eigenvalue weighted by molar-refractivity contribution is 7.90. The Labute approximate surface area is 150 Å². The predicted molar refractivity (Wildman–Crippen MR) is 89.9 cm³/mol. The van der Waals surface area contributed by atoms with E-state index in [2.05, 4.69) is 4.40 Å². The molecular formula is C17H18N2O6S. The van der Waals surface area contributed by atoms with Crippen LogP contribution in [0, 0.1) is 5.92 Å². The molecule has 0 bridgehead atoms. The number of sulfonamides is 1. The second kappa shape index (κ2) is 6.39. The van der Waals surface area contributed by atoms with Gasteiger partial charge in [0.25, 0.3) is 10.0 Å². The normalized spacial score (nSPS) is 24.8. The summed E-state index contributed by atoms with van der Waals surface area (Å²) in [5.74, 6) is -0.756. The minimum absolute atomic E-state index is 0.219. The molecule has 0 spiro atoms. The highest BCUT2D eigenvalue weighted by Gasteiger charge is 2.37. The second-order valence-corrected chi connectivity index (χ2v) is 8.10. The van der Waals surface area contributed by atoms with Crippen molar-refractivity contribution >= 4 is 27.8 Å². The van der Waals surface area contributed by atoms with Crippen LogP contribution in [0.25, 0.3) is 0 Å². The summed E-state index contributed by atoms with van der Waals surface area (Å²) in [6.07, 6.45) is 0.634. The highest BCUT2D eigenvalue weighted by Crippen LogP contribution is 2.30. The molecule has 0 N–H and O–H groups in total. The average Bonchev–Trinajstić information content (AvgIpc) is 3.16. The van der Waals surface area contributed by atoms with Crippen LogP contribution in [-0.4, -0.2) is 56.9 Å². The van der Waals surface area contributed by atoms with E-state index in [1.54, 1.807) is 24.3 Å². The van der Waals surface area contributed by atoms with Gasteiger partial charge in [0.15, 0.2) is 5.84 Å². The molecule has 8 nitrogen and oxygen atoms in total. The van der Waals surface area contributed by atoms with Gasteiger partial charge in [0.1, 0.15) is 4.90 Å². The van der Waals surface area contributed by atoms with Crippen LogP contribution in [0.3, 0.4) is 0 Å². The molecule has 4 rings (SSSR count). The number of esters is 2. The summed E-state index contributed by atoms with van der Waals surface area (Å²) in [6, 6.07) is 6.74. The van der Waals surface area contributed by atoms with Crippen molar-refractivity contribution in [3.8, 4) is 0 Å². The lowest BCUT2D eigenvalue weighted by atomic mass is 9.96. The van der Waals surface area contributed by atoms with E-state index in [0.29, 0.717) is 43.8 Å². The van der Waals surface area contributed by atoms with Gasteiger partial charge < -0.3 is 14.4 Å². The summed E-state index contributed by atoms with van der Waals surface area (Å²) in [5.41, 5.74) is 0.599. The zero-order valence-corrected chi connectivity index (χ0v) is 14.8. The Kier molecular flexibility index (Phi) is 4.18. The highest BCUT2D eigenvalue weighted by atomic mass is 32.2. The number of fused-ring (bicyclic) bond motifs is 1. The number of hydrogen-bond donors (Lipinski definition) is 0. The van der Waals surface area contributed by atoms with Gasteiger partial charge in [-0.3, -0.25) is 4.79 Å². The van der Waals surface area contributed by atoms with E-state index in [9.17, 15) is 18.0 Å². The summed E-state index contributed by atoms with van der Waals surface area (Å²) in [7, 11) is -3.65. The van der Waals surface area contributed by atoms with Crippen LogP contribution < -0.4 is 0 Å². The molecule has 0 aliphatic carbocycles. The van der Waals surface area contributed by atoms with Gasteiger partial charge in [-0.15, -0.1) is 4.40 Å². The van der Waals surface area contributed by atoms with Crippen molar-refractivity contribution < 1.29 is 27.5 Å². The van der Waals surface area contributed by atoms with E-state index in [0.717, 1.165) is 0 Å². The van der Waals surface area contributed by atoms with Crippen LogP contribution in [0.4, 0.5) is 0 Å². The fraction of sp³-hybridized carbons (Fsp3) is 0.471. The Morgan fingerprint density at radius 1 is 1.19 bits per heavy atom. The molecule has 138 valence electrons. The first kappa shape index (κ1) is 17.0. The number of likely N-dealkylation sites (tertiary alicyclic amines) is 1. The zero-order chi connectivity index (χ0) is 18.3. The molecule has 0 radical (unpaired) electrons. The van der Waals surface area contributed by atoms with Crippen molar-refractivity contribution in [1.29, 1.82) is 0 Å². The van der Waals surface area contributed by atoms with E-state index in [1.165, 1.54) is 0 Å². The SMILES string of the molecule is O=C(O[C@H]1CCOC1=O)C1CCN(C2=NS(=O)(=O)c3ccccc32)CC1. The number of ether oxygens (including phenoxy) is 2. The molecule has 0 saturated carbocycles. The van der Waals surface area contributed by atoms with Crippen LogP contribution in [0.5, 0.6) is 0 Å². The summed E-state index contributed by atoms with van der Waals surface area (Å²) in [4.78, 5) is 25.8. The van der Waals surface area contributed by atoms with Gasteiger partial charge in [0.05, 0.1) is 12.5 Å². The number of benzene rings is 1. The predicted octanol–water partition coefficient (Wildman–Crippen LogP) is 0.706. The summed E-state index contributed by atoms with van der Waals surface area (Å²) in [6.45, 7) is 1.28. The van der Waals surface area contributed by atoms with Crippen LogP contribution in [-0.2, 0) is 29.1 Å². The summed E-state index contributed by atoms with van der Waals surface area (Å²) >= 11 is 0. The molecule has 0 aromatic heterocycles. The second-order valence-electron chi connectivity index (χ2n) is 6.53. The van der Waals surface area contributed by atoms with Gasteiger partial charge in [0.2, 0.25) is 6.10 Å². The number of carbonyl (C=O) groups excluding carboxylic acids is 2. The van der Waals surface area contributed by atoms with Gasteiger partial charge >= 0.3 is 11.9 Å². The van der Waals surface area contributed by atoms with Crippen LogP contribution in [0.2, 0.25) is 0 Å². The number of hydrogen-bond acceptors (Lipinski definition) is 7. The maximum atomic E-state index is 12.3. The molecule has 9 heteroatoms. The molecule has 2 fully saturated rings. The lowest BCUT2D eigenvalue weighted by Crippen LogP contribution is -2.41. The Bertz CT molecular complexity index is 886. The zero-order valence-electron chi connectivity index (χ0n) is 14.0. The first-order valence-corrected chi connectivity index (χ1v) is 9.96. The van der Waals surface area contributed by atoms with E-state index in [-0.39, 0.29) is 17.4 Å². The minimum Gasteiger partial charge on any atom is -0.463 e. The fourth-order valence-electron chi connectivity index (χ4n) is 3.46. The van der Waals surface area contributed by atoms with Crippen molar-refractivity contribution in [2.45, 2.75) is 30.3 Å². The van der Waals surface area contributed by atoms with Gasteiger partial charge in [-0.05, 0) is 25.0 Å². The molecule has 0 unspecified atom stereocenters. The summed E-state index contributed by atoms with van der Waals surface area (Å²) < 4.78 is 38.3. The average molecular weight is 378 g/mol. The van der Waals surface area contributed by atoms with Crippen molar-refractivity contribution in [3.05, 3.63) is 29.8 Å². The van der Waals surface area contributed by atoms with Gasteiger partial charge in [-0.1, -0.05) is 12.1 Å². The number of piperidine rings is 1. The smallest absolute Gasteiger partial charge is 0.347 e. The molecule has 1 atom stereocenters. The Hall–Kier alpha value is -2.42. The topological polar surface area (TPSA) is 102 Å². The third-order valence-electron chi connectivity index (χ3n) is 4.89. The number of rotatable bonds is 2. The van der Waals surface area contributed by atoms with Crippen molar-refractivity contribution in [1.82, 2.24) is 4.90 Å². The number of nitrogens with zero attached hydrogens (tertiary/aromatic N) is 2. The maximum Gasteiger partial charge on any atom is 0.347 e. The van der Waals surface area contributed by atoms with Crippen molar-refractivity contribution in [2.75, 3.05) is 19.7 Å². The molecular weight excluding hydrogens is 360 g/mol. The molecule has 3 aliphatic rings. The molecule has 1 aromatic carbocycles. The van der Waals surface area contributed by atoms with Crippen LogP contribution in [0.15, 0.2) is 33.6 Å². The monoisotopic (exact) mass is 378 g/mol. The lowest BCUT2D eigenvalue weighted by Gasteiger charge is -2.32. The number of amidine groups is 1. The van der Waals surface area contributed by atoms with E-state index >= 15 is 0 Å². The Morgan fingerprint density at radius 2 is 1.92 bits per heavy atom. The van der Waals surface area contributed by atoms with E-state index in [1.807, 2.05) is 4.90 Å².